The van der Waals surface area contributed by atoms with Crippen LogP contribution in [0.1, 0.15) is 29.4 Å². The van der Waals surface area contributed by atoms with Crippen molar-refractivity contribution in [3.8, 4) is 5.75 Å². The van der Waals surface area contributed by atoms with Gasteiger partial charge in [0.15, 0.2) is 5.78 Å². The number of para-hydroxylation sites is 1. The van der Waals surface area contributed by atoms with Crippen LogP contribution in [0.25, 0.3) is 10.9 Å². The molecule has 138 valence electrons. The van der Waals surface area contributed by atoms with E-state index in [0.29, 0.717) is 40.4 Å². The van der Waals surface area contributed by atoms with E-state index in [-0.39, 0.29) is 18.8 Å². The lowest BCUT2D eigenvalue weighted by Gasteiger charge is -2.10. The van der Waals surface area contributed by atoms with Gasteiger partial charge in [0.1, 0.15) is 18.7 Å². The molecule has 4 nitrogen and oxygen atoms in total. The minimum Gasteiger partial charge on any atom is -0.488 e. The number of carbonyl (C=O) groups excluding carboxylic acids is 1. The van der Waals surface area contributed by atoms with Crippen molar-refractivity contribution >= 4 is 28.3 Å². The zero-order chi connectivity index (χ0) is 19.2. The lowest BCUT2D eigenvalue weighted by molar-refractivity contribution is 0.0992. The molecule has 0 aliphatic heterocycles. The third kappa shape index (κ3) is 4.49. The highest BCUT2D eigenvalue weighted by Crippen LogP contribution is 2.27. The van der Waals surface area contributed by atoms with Crippen molar-refractivity contribution in [2.45, 2.75) is 19.8 Å². The molecule has 3 aromatic rings. The Bertz CT molecular complexity index is 999. The summed E-state index contributed by atoms with van der Waals surface area (Å²) in [6.45, 7) is 1.96. The van der Waals surface area contributed by atoms with Crippen LogP contribution in [0.4, 0.5) is 4.39 Å². The fraction of sp³-hybridized carbons (Fsp3) is 0.190. The van der Waals surface area contributed by atoms with Gasteiger partial charge in [0.25, 0.3) is 0 Å². The number of carbonyl (C=O) groups is 1. The van der Waals surface area contributed by atoms with Crippen LogP contribution in [0.3, 0.4) is 0 Å². The summed E-state index contributed by atoms with van der Waals surface area (Å²) in [6, 6.07) is 12.4. The Hall–Kier alpha value is -2.79. The summed E-state index contributed by atoms with van der Waals surface area (Å²) >= 11 is 6.23. The number of ketones is 1. The fourth-order valence-corrected chi connectivity index (χ4v) is 2.86. The van der Waals surface area contributed by atoms with E-state index in [4.69, 9.17) is 16.3 Å². The Kier molecular flexibility index (Phi) is 6.14. The van der Waals surface area contributed by atoms with Gasteiger partial charge in [0, 0.05) is 10.9 Å². The summed E-state index contributed by atoms with van der Waals surface area (Å²) in [5.74, 6) is 0.304. The molecular formula is C21H18ClFN2O2. The number of hydrogen-bond donors (Lipinski definition) is 0. The molecule has 0 bridgehead atoms. The normalized spacial score (nSPS) is 11.6. The third-order valence-corrected chi connectivity index (χ3v) is 4.52. The highest BCUT2D eigenvalue weighted by atomic mass is 35.5. The standard InChI is InChI=1S/C21H18ClFN2O2/c1-2-14(11-23)12-27-21-8-7-15(9-17(21)22)20(26)10-19-16-5-3-4-6-18(16)24-13-25-19/h3-9,11,13H,2,10,12H2,1H3. The molecule has 0 atom stereocenters. The topological polar surface area (TPSA) is 52.1 Å². The lowest BCUT2D eigenvalue weighted by Crippen LogP contribution is -2.07. The van der Waals surface area contributed by atoms with E-state index in [1.807, 2.05) is 31.2 Å². The number of rotatable bonds is 7. The fourth-order valence-electron chi connectivity index (χ4n) is 2.63. The largest absolute Gasteiger partial charge is 0.488 e. The molecule has 0 saturated heterocycles. The van der Waals surface area contributed by atoms with Gasteiger partial charge >= 0.3 is 0 Å². The number of halogens is 2. The molecule has 0 unspecified atom stereocenters. The molecule has 6 heteroatoms. The molecule has 0 amide bonds. The van der Waals surface area contributed by atoms with Gasteiger partial charge in [-0.3, -0.25) is 4.79 Å². The van der Waals surface area contributed by atoms with Gasteiger partial charge in [-0.1, -0.05) is 36.7 Å². The smallest absolute Gasteiger partial charge is 0.168 e. The molecule has 0 spiro atoms. The van der Waals surface area contributed by atoms with E-state index in [1.165, 1.54) is 6.33 Å². The second-order valence-electron chi connectivity index (χ2n) is 5.99. The van der Waals surface area contributed by atoms with Crippen molar-refractivity contribution in [3.05, 3.63) is 77.0 Å². The SMILES string of the molecule is CCC(=CF)COc1ccc(C(=O)Cc2ncnc3ccccc23)cc1Cl. The zero-order valence-corrected chi connectivity index (χ0v) is 15.5. The lowest BCUT2D eigenvalue weighted by atomic mass is 10.0. The van der Waals surface area contributed by atoms with Gasteiger partial charge in [-0.05, 0) is 36.3 Å². The molecular weight excluding hydrogens is 367 g/mol. The maximum absolute atomic E-state index is 12.7. The molecule has 0 saturated carbocycles. The van der Waals surface area contributed by atoms with E-state index < -0.39 is 0 Å². The van der Waals surface area contributed by atoms with Crippen LogP contribution in [0, 0.1) is 0 Å². The van der Waals surface area contributed by atoms with E-state index in [1.54, 1.807) is 18.2 Å². The summed E-state index contributed by atoms with van der Waals surface area (Å²) in [5, 5.41) is 1.16. The summed E-state index contributed by atoms with van der Waals surface area (Å²) in [6.07, 6.45) is 2.69. The molecule has 2 aromatic carbocycles. The predicted octanol–water partition coefficient (Wildman–Crippen LogP) is 5.35. The Labute approximate surface area is 161 Å². The molecule has 0 aliphatic rings. The highest BCUT2D eigenvalue weighted by Gasteiger charge is 2.13. The number of benzene rings is 2. The number of nitrogens with zero attached hydrogens (tertiary/aromatic N) is 2. The summed E-state index contributed by atoms with van der Waals surface area (Å²) < 4.78 is 18.1. The van der Waals surface area contributed by atoms with Crippen LogP contribution >= 0.6 is 11.6 Å². The molecule has 27 heavy (non-hydrogen) atoms. The minimum absolute atomic E-state index is 0.106. The summed E-state index contributed by atoms with van der Waals surface area (Å²) in [5.41, 5.74) is 2.46. The van der Waals surface area contributed by atoms with E-state index in [0.717, 1.165) is 10.9 Å². The highest BCUT2D eigenvalue weighted by molar-refractivity contribution is 6.32. The van der Waals surface area contributed by atoms with E-state index in [2.05, 4.69) is 9.97 Å². The number of ether oxygens (including phenoxy) is 1. The molecule has 1 heterocycles. The van der Waals surface area contributed by atoms with Gasteiger partial charge in [-0.15, -0.1) is 0 Å². The van der Waals surface area contributed by atoms with Gasteiger partial charge in [0.05, 0.1) is 29.0 Å². The van der Waals surface area contributed by atoms with Gasteiger partial charge < -0.3 is 4.74 Å². The van der Waals surface area contributed by atoms with Crippen molar-refractivity contribution < 1.29 is 13.9 Å². The van der Waals surface area contributed by atoms with Crippen LogP contribution in [0.15, 0.2) is 60.7 Å². The predicted molar refractivity (Wildman–Crippen MR) is 104 cm³/mol. The summed E-state index contributed by atoms with van der Waals surface area (Å²) in [7, 11) is 0. The van der Waals surface area contributed by atoms with Crippen LogP contribution in [0.2, 0.25) is 5.02 Å². The Balaban J connectivity index is 1.76. The maximum Gasteiger partial charge on any atom is 0.168 e. The Morgan fingerprint density at radius 1 is 1.22 bits per heavy atom. The summed E-state index contributed by atoms with van der Waals surface area (Å²) in [4.78, 5) is 21.1. The van der Waals surface area contributed by atoms with Crippen molar-refractivity contribution in [1.29, 1.82) is 0 Å². The van der Waals surface area contributed by atoms with Crippen molar-refractivity contribution in [2.75, 3.05) is 6.61 Å². The van der Waals surface area contributed by atoms with E-state index in [9.17, 15) is 9.18 Å². The maximum atomic E-state index is 12.7. The van der Waals surface area contributed by atoms with Crippen molar-refractivity contribution in [1.82, 2.24) is 9.97 Å². The minimum atomic E-state index is -0.106. The van der Waals surface area contributed by atoms with Crippen molar-refractivity contribution in [3.63, 3.8) is 0 Å². The van der Waals surface area contributed by atoms with Crippen molar-refractivity contribution in [2.24, 2.45) is 0 Å². The molecule has 0 aliphatic carbocycles. The third-order valence-electron chi connectivity index (χ3n) is 4.23. The monoisotopic (exact) mass is 384 g/mol. The number of hydrogen-bond acceptors (Lipinski definition) is 4. The average Bonchev–Trinajstić information content (AvgIpc) is 2.70. The molecule has 1 aromatic heterocycles. The first kappa shape index (κ1) is 19.0. The van der Waals surface area contributed by atoms with Gasteiger partial charge in [-0.2, -0.15) is 0 Å². The molecule has 0 radical (unpaired) electrons. The first-order valence-corrected chi connectivity index (χ1v) is 8.92. The molecule has 0 fully saturated rings. The van der Waals surface area contributed by atoms with Crippen LogP contribution < -0.4 is 4.74 Å². The quantitative estimate of drug-likeness (QED) is 0.515. The zero-order valence-electron chi connectivity index (χ0n) is 14.8. The van der Waals surface area contributed by atoms with Crippen LogP contribution in [-0.4, -0.2) is 22.4 Å². The number of fused-ring (bicyclic) bond motifs is 1. The molecule has 3 rings (SSSR count). The number of Topliss-reactive ketones (excluding diaryl/α,β-unsaturated/α-hetero) is 1. The average molecular weight is 385 g/mol. The van der Waals surface area contributed by atoms with Gasteiger partial charge in [0.2, 0.25) is 0 Å². The van der Waals surface area contributed by atoms with Crippen LogP contribution in [-0.2, 0) is 6.42 Å². The Morgan fingerprint density at radius 3 is 2.78 bits per heavy atom. The number of aromatic nitrogens is 2. The van der Waals surface area contributed by atoms with Gasteiger partial charge in [-0.25, -0.2) is 14.4 Å². The first-order valence-electron chi connectivity index (χ1n) is 8.54. The second kappa shape index (κ2) is 8.73. The van der Waals surface area contributed by atoms with Crippen LogP contribution in [0.5, 0.6) is 5.75 Å². The second-order valence-corrected chi connectivity index (χ2v) is 6.40. The van der Waals surface area contributed by atoms with E-state index >= 15 is 0 Å². The Morgan fingerprint density at radius 2 is 2.04 bits per heavy atom. The first-order chi connectivity index (χ1) is 13.1. The molecule has 0 N–H and O–H groups in total.